The first-order valence-electron chi connectivity index (χ1n) is 7.34. The van der Waals surface area contributed by atoms with E-state index in [-0.39, 0.29) is 12.0 Å². The van der Waals surface area contributed by atoms with Crippen molar-refractivity contribution in [3.8, 4) is 0 Å². The molecular weight excluding hydrogens is 276 g/mol. The summed E-state index contributed by atoms with van der Waals surface area (Å²) in [5.74, 6) is -0.245. The van der Waals surface area contributed by atoms with E-state index in [1.54, 1.807) is 0 Å². The van der Waals surface area contributed by atoms with Gasteiger partial charge in [0.1, 0.15) is 24.9 Å². The third-order valence-electron chi connectivity index (χ3n) is 3.19. The second-order valence-electron chi connectivity index (χ2n) is 6.86. The fourth-order valence-electron chi connectivity index (χ4n) is 2.20. The monoisotopic (exact) mass is 306 g/mol. The normalized spacial score (nSPS) is 18.1. The number of hydrogen-bond donors (Lipinski definition) is 4. The highest BCUT2D eigenvalue weighted by Gasteiger charge is 2.29. The lowest BCUT2D eigenvalue weighted by Crippen LogP contribution is -2.45. The maximum Gasteiger partial charge on any atom is 0.189 e. The molecular formula is C15H30O6. The number of ketones is 1. The summed E-state index contributed by atoms with van der Waals surface area (Å²) in [7, 11) is 0. The fraction of sp³-hybridized carbons (Fsp3) is 0.933. The van der Waals surface area contributed by atoms with Crippen molar-refractivity contribution < 1.29 is 30.0 Å². The predicted molar refractivity (Wildman–Crippen MR) is 78.8 cm³/mol. The number of aliphatic hydroxyl groups is 4. The van der Waals surface area contributed by atoms with Gasteiger partial charge in [-0.05, 0) is 24.2 Å². The molecule has 0 heterocycles. The maximum absolute atomic E-state index is 11.6. The van der Waals surface area contributed by atoms with E-state index < -0.39 is 30.7 Å². The van der Waals surface area contributed by atoms with E-state index in [1.165, 1.54) is 0 Å². The summed E-state index contributed by atoms with van der Waals surface area (Å²) < 4.78 is 5.20. The number of hydrogen-bond acceptors (Lipinski definition) is 6. The van der Waals surface area contributed by atoms with Gasteiger partial charge in [-0.1, -0.05) is 27.7 Å². The van der Waals surface area contributed by atoms with Crippen LogP contribution in [0.25, 0.3) is 0 Å². The van der Waals surface area contributed by atoms with Crippen LogP contribution < -0.4 is 0 Å². The van der Waals surface area contributed by atoms with Crippen molar-refractivity contribution in [2.24, 2.45) is 11.3 Å². The molecule has 6 nitrogen and oxygen atoms in total. The van der Waals surface area contributed by atoms with Crippen LogP contribution in [0.4, 0.5) is 0 Å². The second kappa shape index (κ2) is 9.48. The van der Waals surface area contributed by atoms with Crippen molar-refractivity contribution in [3.05, 3.63) is 0 Å². The summed E-state index contributed by atoms with van der Waals surface area (Å²) in [5, 5.41) is 36.7. The molecule has 1 unspecified atom stereocenters. The van der Waals surface area contributed by atoms with Gasteiger partial charge in [-0.15, -0.1) is 0 Å². The Bertz CT molecular complexity index is 299. The first-order chi connectivity index (χ1) is 9.58. The molecule has 0 rings (SSSR count). The molecule has 0 saturated carbocycles. The van der Waals surface area contributed by atoms with Gasteiger partial charge < -0.3 is 25.2 Å². The molecule has 4 atom stereocenters. The van der Waals surface area contributed by atoms with E-state index >= 15 is 0 Å². The number of rotatable bonds is 10. The number of aliphatic hydroxyl groups excluding tert-OH is 4. The maximum atomic E-state index is 11.6. The van der Waals surface area contributed by atoms with Crippen LogP contribution in [0.2, 0.25) is 0 Å². The third kappa shape index (κ3) is 9.16. The van der Waals surface area contributed by atoms with Gasteiger partial charge in [0, 0.05) is 6.61 Å². The summed E-state index contributed by atoms with van der Waals surface area (Å²) in [5.41, 5.74) is 0.246. The molecule has 0 amide bonds. The molecule has 0 saturated heterocycles. The molecule has 0 aliphatic carbocycles. The molecule has 0 aromatic rings. The van der Waals surface area contributed by atoms with Gasteiger partial charge in [-0.25, -0.2) is 0 Å². The number of ether oxygens (including phenoxy) is 1. The lowest BCUT2D eigenvalue weighted by molar-refractivity contribution is -0.144. The Labute approximate surface area is 126 Å². The van der Waals surface area contributed by atoms with E-state index in [2.05, 4.69) is 27.7 Å². The minimum Gasteiger partial charge on any atom is -0.394 e. The van der Waals surface area contributed by atoms with E-state index in [9.17, 15) is 15.0 Å². The largest absolute Gasteiger partial charge is 0.394 e. The van der Waals surface area contributed by atoms with Crippen molar-refractivity contribution in [1.82, 2.24) is 0 Å². The average molecular weight is 306 g/mol. The molecule has 126 valence electrons. The van der Waals surface area contributed by atoms with Crippen LogP contribution in [0.5, 0.6) is 0 Å². The second-order valence-corrected chi connectivity index (χ2v) is 6.86. The summed E-state index contributed by atoms with van der Waals surface area (Å²) in [6.07, 6.45) is -3.14. The highest BCUT2D eigenvalue weighted by molar-refractivity contribution is 5.84. The number of Topliss-reactive ketones (excluding diaryl/α,β-unsaturated/α-hetero) is 1. The summed E-state index contributed by atoms with van der Waals surface area (Å²) in [6.45, 7) is 7.96. The van der Waals surface area contributed by atoms with E-state index in [0.717, 1.165) is 12.8 Å². The molecule has 0 fully saturated rings. The quantitative estimate of drug-likeness (QED) is 0.427. The van der Waals surface area contributed by atoms with Crippen molar-refractivity contribution in [2.75, 3.05) is 19.8 Å². The minimum absolute atomic E-state index is 0.246. The van der Waals surface area contributed by atoms with Crippen LogP contribution in [0, 0.1) is 11.3 Å². The van der Waals surface area contributed by atoms with Crippen molar-refractivity contribution in [1.29, 1.82) is 0 Å². The Morgan fingerprint density at radius 3 is 2.24 bits per heavy atom. The van der Waals surface area contributed by atoms with E-state index in [0.29, 0.717) is 12.5 Å². The van der Waals surface area contributed by atoms with Gasteiger partial charge in [0.15, 0.2) is 5.78 Å². The van der Waals surface area contributed by atoms with E-state index in [4.69, 9.17) is 14.9 Å². The first kappa shape index (κ1) is 20.5. The van der Waals surface area contributed by atoms with Crippen LogP contribution in [0.3, 0.4) is 0 Å². The lowest BCUT2D eigenvalue weighted by atomic mass is 9.84. The molecule has 0 aliphatic heterocycles. The van der Waals surface area contributed by atoms with Gasteiger partial charge in [-0.3, -0.25) is 4.79 Å². The van der Waals surface area contributed by atoms with Gasteiger partial charge in [-0.2, -0.15) is 0 Å². The Morgan fingerprint density at radius 1 is 1.19 bits per heavy atom. The molecule has 21 heavy (non-hydrogen) atoms. The molecule has 4 N–H and O–H groups in total. The Balaban J connectivity index is 3.94. The molecule has 6 heteroatoms. The first-order valence-corrected chi connectivity index (χ1v) is 7.34. The van der Waals surface area contributed by atoms with Crippen molar-refractivity contribution >= 4 is 5.78 Å². The van der Waals surface area contributed by atoms with Crippen LogP contribution in [0.15, 0.2) is 0 Å². The Kier molecular flexibility index (Phi) is 9.24. The van der Waals surface area contributed by atoms with Crippen molar-refractivity contribution in [3.63, 3.8) is 0 Å². The molecule has 0 bridgehead atoms. The topological polar surface area (TPSA) is 107 Å². The summed E-state index contributed by atoms with van der Waals surface area (Å²) in [6, 6.07) is 0. The zero-order valence-electron chi connectivity index (χ0n) is 13.5. The molecule has 0 aromatic heterocycles. The van der Waals surface area contributed by atoms with Gasteiger partial charge >= 0.3 is 0 Å². The lowest BCUT2D eigenvalue weighted by Gasteiger charge is -2.23. The Hall–Kier alpha value is -0.530. The van der Waals surface area contributed by atoms with Gasteiger partial charge in [0.2, 0.25) is 0 Å². The highest BCUT2D eigenvalue weighted by atomic mass is 16.5. The van der Waals surface area contributed by atoms with Gasteiger partial charge in [0.25, 0.3) is 0 Å². The van der Waals surface area contributed by atoms with Crippen LogP contribution >= 0.6 is 0 Å². The Morgan fingerprint density at radius 2 is 1.76 bits per heavy atom. The SMILES string of the molecule is CC(CCOCC(=O)[C@H](O)[C@@H](O)[C@H](O)CO)CC(C)(C)C. The number of carbonyl (C=O) groups excluding carboxylic acids is 1. The smallest absolute Gasteiger partial charge is 0.189 e. The molecule has 0 spiro atoms. The standard InChI is InChI=1S/C15H30O6/c1-10(7-15(2,3)4)5-6-21-9-12(18)14(20)13(19)11(17)8-16/h10-11,13-14,16-17,19-20H,5-9H2,1-4H3/t10?,11-,13+,14+/m1/s1. The fourth-order valence-corrected chi connectivity index (χ4v) is 2.20. The summed E-state index contributed by atoms with van der Waals surface area (Å²) >= 11 is 0. The third-order valence-corrected chi connectivity index (χ3v) is 3.19. The number of carbonyl (C=O) groups is 1. The average Bonchev–Trinajstić information content (AvgIpc) is 2.38. The minimum atomic E-state index is -1.75. The summed E-state index contributed by atoms with van der Waals surface area (Å²) in [4.78, 5) is 11.6. The van der Waals surface area contributed by atoms with Gasteiger partial charge in [0.05, 0.1) is 6.61 Å². The predicted octanol–water partition coefficient (Wildman–Crippen LogP) is 0.109. The van der Waals surface area contributed by atoms with E-state index in [1.807, 2.05) is 0 Å². The van der Waals surface area contributed by atoms with Crippen LogP contribution in [-0.4, -0.2) is 64.3 Å². The highest BCUT2D eigenvalue weighted by Crippen LogP contribution is 2.25. The van der Waals surface area contributed by atoms with Crippen LogP contribution in [-0.2, 0) is 9.53 Å². The zero-order chi connectivity index (χ0) is 16.6. The zero-order valence-corrected chi connectivity index (χ0v) is 13.5. The van der Waals surface area contributed by atoms with Crippen LogP contribution in [0.1, 0.15) is 40.5 Å². The van der Waals surface area contributed by atoms with Crippen molar-refractivity contribution in [2.45, 2.75) is 58.8 Å². The molecule has 0 aromatic carbocycles. The molecule has 0 aliphatic rings. The molecule has 0 radical (unpaired) electrons.